The Labute approximate surface area is 151 Å². The minimum Gasteiger partial charge on any atom is -0.451 e. The average Bonchev–Trinajstić information content (AvgIpc) is 3.30. The first-order chi connectivity index (χ1) is 12.3. The zero-order valence-electron chi connectivity index (χ0n) is 14.1. The summed E-state index contributed by atoms with van der Waals surface area (Å²) in [4.78, 5) is 14.8. The average molecular weight is 354 g/mol. The lowest BCUT2D eigenvalue weighted by Crippen LogP contribution is -2.38. The highest BCUT2D eigenvalue weighted by molar-refractivity contribution is 7.07. The number of amides is 1. The molecule has 4 rings (SSSR count). The monoisotopic (exact) mass is 354 g/mol. The van der Waals surface area contributed by atoms with Crippen LogP contribution in [0.3, 0.4) is 0 Å². The summed E-state index contributed by atoms with van der Waals surface area (Å²) in [6.45, 7) is 3.96. The lowest BCUT2D eigenvalue weighted by Gasteiger charge is -2.31. The third-order valence-corrected chi connectivity index (χ3v) is 5.63. The SMILES string of the molecule is O=C(NCC1CCN(Cc2ccsc2)CC1)c1cc2ccccc2o1. The smallest absolute Gasteiger partial charge is 0.287 e. The largest absolute Gasteiger partial charge is 0.451 e. The van der Waals surface area contributed by atoms with Crippen LogP contribution in [0, 0.1) is 5.92 Å². The van der Waals surface area contributed by atoms with Crippen LogP contribution in [-0.4, -0.2) is 30.4 Å². The number of thiophene rings is 1. The molecule has 0 bridgehead atoms. The van der Waals surface area contributed by atoms with Crippen LogP contribution in [0.4, 0.5) is 0 Å². The Morgan fingerprint density at radius 3 is 2.84 bits per heavy atom. The van der Waals surface area contributed by atoms with Crippen molar-refractivity contribution < 1.29 is 9.21 Å². The molecule has 25 heavy (non-hydrogen) atoms. The van der Waals surface area contributed by atoms with Crippen LogP contribution in [0.2, 0.25) is 0 Å². The fraction of sp³-hybridized carbons (Fsp3) is 0.350. The number of carbonyl (C=O) groups is 1. The van der Waals surface area contributed by atoms with Crippen LogP contribution in [0.15, 0.2) is 51.6 Å². The lowest BCUT2D eigenvalue weighted by molar-refractivity contribution is 0.0910. The van der Waals surface area contributed by atoms with Crippen LogP contribution >= 0.6 is 11.3 Å². The summed E-state index contributed by atoms with van der Waals surface area (Å²) in [5.41, 5.74) is 2.16. The first kappa shape index (κ1) is 16.4. The van der Waals surface area contributed by atoms with E-state index in [1.165, 1.54) is 5.56 Å². The minimum atomic E-state index is -0.114. The highest BCUT2D eigenvalue weighted by Crippen LogP contribution is 2.21. The summed E-state index contributed by atoms with van der Waals surface area (Å²) >= 11 is 1.76. The van der Waals surface area contributed by atoms with Gasteiger partial charge in [0.25, 0.3) is 5.91 Å². The third kappa shape index (κ3) is 3.94. The van der Waals surface area contributed by atoms with Gasteiger partial charge in [-0.05, 0) is 66.4 Å². The Bertz CT molecular complexity index is 799. The maximum absolute atomic E-state index is 12.3. The molecule has 1 aromatic carbocycles. The lowest BCUT2D eigenvalue weighted by atomic mass is 9.96. The van der Waals surface area contributed by atoms with Gasteiger partial charge in [-0.2, -0.15) is 11.3 Å². The number of likely N-dealkylation sites (tertiary alicyclic amines) is 1. The van der Waals surface area contributed by atoms with E-state index in [1.807, 2.05) is 30.3 Å². The molecule has 0 saturated carbocycles. The molecular weight excluding hydrogens is 332 g/mol. The number of nitrogens with zero attached hydrogens (tertiary/aromatic N) is 1. The van der Waals surface area contributed by atoms with Crippen molar-refractivity contribution in [2.24, 2.45) is 5.92 Å². The van der Waals surface area contributed by atoms with Crippen molar-refractivity contribution in [3.8, 4) is 0 Å². The second kappa shape index (κ2) is 7.42. The summed E-state index contributed by atoms with van der Waals surface area (Å²) in [6.07, 6.45) is 2.26. The molecule has 1 aliphatic rings. The van der Waals surface area contributed by atoms with Crippen molar-refractivity contribution in [2.75, 3.05) is 19.6 Å². The van der Waals surface area contributed by atoms with Gasteiger partial charge < -0.3 is 9.73 Å². The third-order valence-electron chi connectivity index (χ3n) is 4.89. The number of piperidine rings is 1. The normalized spacial score (nSPS) is 16.3. The van der Waals surface area contributed by atoms with Gasteiger partial charge in [0.1, 0.15) is 5.58 Å². The van der Waals surface area contributed by atoms with E-state index >= 15 is 0 Å². The summed E-state index contributed by atoms with van der Waals surface area (Å²) in [6, 6.07) is 11.7. The van der Waals surface area contributed by atoms with Crippen molar-refractivity contribution >= 4 is 28.2 Å². The molecular formula is C20H22N2O2S. The zero-order valence-corrected chi connectivity index (χ0v) is 14.9. The highest BCUT2D eigenvalue weighted by atomic mass is 32.1. The van der Waals surface area contributed by atoms with E-state index in [1.54, 1.807) is 11.3 Å². The summed E-state index contributed by atoms with van der Waals surface area (Å²) in [7, 11) is 0. The molecule has 0 spiro atoms. The van der Waals surface area contributed by atoms with Crippen LogP contribution < -0.4 is 5.32 Å². The number of hydrogen-bond donors (Lipinski definition) is 1. The summed E-state index contributed by atoms with van der Waals surface area (Å²) in [5, 5.41) is 8.36. The Kier molecular flexibility index (Phi) is 4.85. The van der Waals surface area contributed by atoms with E-state index in [4.69, 9.17) is 4.42 Å². The van der Waals surface area contributed by atoms with E-state index in [0.29, 0.717) is 11.7 Å². The molecule has 0 aliphatic carbocycles. The maximum Gasteiger partial charge on any atom is 0.287 e. The molecule has 3 aromatic rings. The number of benzene rings is 1. The molecule has 5 heteroatoms. The van der Waals surface area contributed by atoms with Gasteiger partial charge in [0.15, 0.2) is 5.76 Å². The van der Waals surface area contributed by atoms with Crippen molar-refractivity contribution in [3.05, 3.63) is 58.5 Å². The van der Waals surface area contributed by atoms with Gasteiger partial charge in [-0.3, -0.25) is 9.69 Å². The number of nitrogens with one attached hydrogen (secondary N) is 1. The number of rotatable bonds is 5. The summed E-state index contributed by atoms with van der Waals surface area (Å²) in [5.74, 6) is 0.833. The standard InChI is InChI=1S/C20H22N2O2S/c23-20(19-11-17-3-1-2-4-18(17)24-19)21-12-15-5-8-22(9-6-15)13-16-7-10-25-14-16/h1-4,7,10-11,14-15H,5-6,8-9,12-13H2,(H,21,23). The highest BCUT2D eigenvalue weighted by Gasteiger charge is 2.21. The molecule has 1 saturated heterocycles. The molecule has 4 nitrogen and oxygen atoms in total. The summed E-state index contributed by atoms with van der Waals surface area (Å²) < 4.78 is 5.63. The molecule has 0 radical (unpaired) electrons. The Balaban J connectivity index is 1.25. The van der Waals surface area contributed by atoms with Gasteiger partial charge in [-0.25, -0.2) is 0 Å². The van der Waals surface area contributed by atoms with Crippen molar-refractivity contribution in [2.45, 2.75) is 19.4 Å². The molecule has 0 atom stereocenters. The first-order valence-electron chi connectivity index (χ1n) is 8.78. The van der Waals surface area contributed by atoms with Gasteiger partial charge >= 0.3 is 0 Å². The maximum atomic E-state index is 12.3. The van der Waals surface area contributed by atoms with Crippen LogP contribution in [0.25, 0.3) is 11.0 Å². The van der Waals surface area contributed by atoms with E-state index in [-0.39, 0.29) is 5.91 Å². The van der Waals surface area contributed by atoms with Gasteiger partial charge in [-0.1, -0.05) is 18.2 Å². The van der Waals surface area contributed by atoms with Crippen molar-refractivity contribution in [1.29, 1.82) is 0 Å². The number of carbonyl (C=O) groups excluding carboxylic acids is 1. The predicted molar refractivity (Wildman–Crippen MR) is 101 cm³/mol. The van der Waals surface area contributed by atoms with Crippen LogP contribution in [0.5, 0.6) is 0 Å². The van der Waals surface area contributed by atoms with E-state index in [2.05, 4.69) is 27.0 Å². The van der Waals surface area contributed by atoms with Gasteiger partial charge in [0.05, 0.1) is 0 Å². The molecule has 1 aliphatic heterocycles. The van der Waals surface area contributed by atoms with Gasteiger partial charge in [-0.15, -0.1) is 0 Å². The Morgan fingerprint density at radius 1 is 1.24 bits per heavy atom. The zero-order chi connectivity index (χ0) is 17.1. The van der Waals surface area contributed by atoms with Crippen LogP contribution in [-0.2, 0) is 6.54 Å². The Hall–Kier alpha value is -2.11. The number of fused-ring (bicyclic) bond motifs is 1. The van der Waals surface area contributed by atoms with Crippen molar-refractivity contribution in [3.63, 3.8) is 0 Å². The van der Waals surface area contributed by atoms with Crippen LogP contribution in [0.1, 0.15) is 29.0 Å². The van der Waals surface area contributed by atoms with Gasteiger partial charge in [0, 0.05) is 18.5 Å². The topological polar surface area (TPSA) is 45.5 Å². The minimum absolute atomic E-state index is 0.114. The number of furan rings is 1. The quantitative estimate of drug-likeness (QED) is 0.749. The molecule has 3 heterocycles. The first-order valence-corrected chi connectivity index (χ1v) is 9.72. The molecule has 1 N–H and O–H groups in total. The fourth-order valence-electron chi connectivity index (χ4n) is 3.41. The van der Waals surface area contributed by atoms with Gasteiger partial charge in [0.2, 0.25) is 0 Å². The molecule has 130 valence electrons. The fourth-order valence-corrected chi connectivity index (χ4v) is 4.07. The second-order valence-corrected chi connectivity index (χ2v) is 7.49. The molecule has 0 unspecified atom stereocenters. The van der Waals surface area contributed by atoms with E-state index < -0.39 is 0 Å². The predicted octanol–water partition coefficient (Wildman–Crippen LogP) is 4.14. The van der Waals surface area contributed by atoms with E-state index in [0.717, 1.165) is 50.0 Å². The van der Waals surface area contributed by atoms with E-state index in [9.17, 15) is 4.79 Å². The second-order valence-electron chi connectivity index (χ2n) is 6.71. The Morgan fingerprint density at radius 2 is 2.08 bits per heavy atom. The van der Waals surface area contributed by atoms with Crippen molar-refractivity contribution in [1.82, 2.24) is 10.2 Å². The molecule has 1 amide bonds. The molecule has 1 fully saturated rings. The molecule has 2 aromatic heterocycles. The number of para-hydroxylation sites is 1. The number of hydrogen-bond acceptors (Lipinski definition) is 4.